The molecule has 1 N–H and O–H groups in total. The number of nitrogens with zero attached hydrogens (tertiary/aromatic N) is 2. The standard InChI is InChI=1S/C13H17N3O/c1-10(11-3-6-17-7-4-11)16-12-2-5-15-13(8-12)9-14/h2,5,8,10-11H,3-4,6-7H2,1H3,(H,15,16). The second kappa shape index (κ2) is 5.65. The number of nitrogens with one attached hydrogen (secondary N) is 1. The van der Waals surface area contributed by atoms with Crippen LogP contribution in [0.5, 0.6) is 0 Å². The van der Waals surface area contributed by atoms with Gasteiger partial charge < -0.3 is 10.1 Å². The highest BCUT2D eigenvalue weighted by molar-refractivity contribution is 5.46. The quantitative estimate of drug-likeness (QED) is 0.866. The van der Waals surface area contributed by atoms with Gasteiger partial charge in [-0.2, -0.15) is 5.26 Å². The van der Waals surface area contributed by atoms with Crippen molar-refractivity contribution in [2.24, 2.45) is 5.92 Å². The molecule has 1 aromatic heterocycles. The number of ether oxygens (including phenoxy) is 1. The van der Waals surface area contributed by atoms with Crippen molar-refractivity contribution in [2.45, 2.75) is 25.8 Å². The molecular weight excluding hydrogens is 214 g/mol. The molecule has 1 fully saturated rings. The highest BCUT2D eigenvalue weighted by atomic mass is 16.5. The molecule has 4 heteroatoms. The fourth-order valence-electron chi connectivity index (χ4n) is 2.18. The van der Waals surface area contributed by atoms with Gasteiger partial charge in [-0.05, 0) is 37.8 Å². The monoisotopic (exact) mass is 231 g/mol. The Morgan fingerprint density at radius 2 is 2.29 bits per heavy atom. The molecule has 0 bridgehead atoms. The van der Waals surface area contributed by atoms with Crippen molar-refractivity contribution in [3.8, 4) is 6.07 Å². The number of rotatable bonds is 3. The van der Waals surface area contributed by atoms with Crippen molar-refractivity contribution in [3.63, 3.8) is 0 Å². The van der Waals surface area contributed by atoms with Crippen LogP contribution in [0.1, 0.15) is 25.5 Å². The van der Waals surface area contributed by atoms with Gasteiger partial charge in [0.1, 0.15) is 11.8 Å². The molecular formula is C13H17N3O. The molecule has 1 saturated heterocycles. The lowest BCUT2D eigenvalue weighted by Crippen LogP contribution is -2.30. The van der Waals surface area contributed by atoms with E-state index in [1.54, 1.807) is 12.3 Å². The summed E-state index contributed by atoms with van der Waals surface area (Å²) in [5.74, 6) is 0.641. The molecule has 0 spiro atoms. The molecule has 1 aromatic rings. The summed E-state index contributed by atoms with van der Waals surface area (Å²) < 4.78 is 5.36. The number of pyridine rings is 1. The van der Waals surface area contributed by atoms with E-state index >= 15 is 0 Å². The third-order valence-corrected chi connectivity index (χ3v) is 3.24. The largest absolute Gasteiger partial charge is 0.382 e. The lowest BCUT2D eigenvalue weighted by molar-refractivity contribution is 0.0622. The molecule has 17 heavy (non-hydrogen) atoms. The van der Waals surface area contributed by atoms with Gasteiger partial charge in [0.25, 0.3) is 0 Å². The zero-order valence-electron chi connectivity index (χ0n) is 10.0. The third kappa shape index (κ3) is 3.18. The SMILES string of the molecule is CC(Nc1ccnc(C#N)c1)C1CCOCC1. The number of hydrogen-bond acceptors (Lipinski definition) is 4. The number of anilines is 1. The Kier molecular flexibility index (Phi) is 3.94. The Morgan fingerprint density at radius 3 is 3.00 bits per heavy atom. The molecule has 2 rings (SSSR count). The highest BCUT2D eigenvalue weighted by Gasteiger charge is 2.20. The maximum atomic E-state index is 8.79. The fourth-order valence-corrected chi connectivity index (χ4v) is 2.18. The average Bonchev–Trinajstić information content (AvgIpc) is 2.40. The Morgan fingerprint density at radius 1 is 1.53 bits per heavy atom. The van der Waals surface area contributed by atoms with Crippen molar-refractivity contribution in [3.05, 3.63) is 24.0 Å². The third-order valence-electron chi connectivity index (χ3n) is 3.24. The summed E-state index contributed by atoms with van der Waals surface area (Å²) in [5, 5.41) is 12.2. The summed E-state index contributed by atoms with van der Waals surface area (Å²) in [6.07, 6.45) is 3.87. The minimum atomic E-state index is 0.396. The van der Waals surface area contributed by atoms with Gasteiger partial charge in [-0.15, -0.1) is 0 Å². The normalized spacial score (nSPS) is 18.4. The van der Waals surface area contributed by atoms with Crippen molar-refractivity contribution >= 4 is 5.69 Å². The second-order valence-electron chi connectivity index (χ2n) is 4.42. The van der Waals surface area contributed by atoms with Gasteiger partial charge in [0.15, 0.2) is 0 Å². The molecule has 1 aliphatic rings. The van der Waals surface area contributed by atoms with Gasteiger partial charge in [0, 0.05) is 31.1 Å². The first-order valence-electron chi connectivity index (χ1n) is 6.00. The Bertz CT molecular complexity index is 407. The van der Waals surface area contributed by atoms with Crippen molar-refractivity contribution in [1.29, 1.82) is 5.26 Å². The summed E-state index contributed by atoms with van der Waals surface area (Å²) in [4.78, 5) is 3.96. The predicted octanol–water partition coefficient (Wildman–Crippen LogP) is 2.18. The molecule has 1 aliphatic heterocycles. The zero-order valence-corrected chi connectivity index (χ0v) is 10.0. The first-order valence-corrected chi connectivity index (χ1v) is 6.00. The fraction of sp³-hybridized carbons (Fsp3) is 0.538. The number of aromatic nitrogens is 1. The van der Waals surface area contributed by atoms with Crippen LogP contribution in [-0.4, -0.2) is 24.2 Å². The second-order valence-corrected chi connectivity index (χ2v) is 4.42. The van der Waals surface area contributed by atoms with Gasteiger partial charge in [0.05, 0.1) is 0 Å². The molecule has 90 valence electrons. The Balaban J connectivity index is 1.97. The summed E-state index contributed by atoms with van der Waals surface area (Å²) in [5.41, 5.74) is 1.42. The van der Waals surface area contributed by atoms with Gasteiger partial charge in [0.2, 0.25) is 0 Å². The van der Waals surface area contributed by atoms with Gasteiger partial charge >= 0.3 is 0 Å². The van der Waals surface area contributed by atoms with Crippen LogP contribution in [0.4, 0.5) is 5.69 Å². The van der Waals surface area contributed by atoms with E-state index in [9.17, 15) is 0 Å². The predicted molar refractivity (Wildman–Crippen MR) is 65.6 cm³/mol. The Hall–Kier alpha value is -1.60. The van der Waals surface area contributed by atoms with Crippen LogP contribution in [-0.2, 0) is 4.74 Å². The van der Waals surface area contributed by atoms with Gasteiger partial charge in [-0.25, -0.2) is 4.98 Å². The maximum Gasteiger partial charge on any atom is 0.142 e. The van der Waals surface area contributed by atoms with E-state index in [2.05, 4.69) is 17.2 Å². The van der Waals surface area contributed by atoms with E-state index in [0.29, 0.717) is 17.7 Å². The highest BCUT2D eigenvalue weighted by Crippen LogP contribution is 2.21. The van der Waals surface area contributed by atoms with Crippen LogP contribution in [0.3, 0.4) is 0 Å². The Labute approximate surface area is 102 Å². The van der Waals surface area contributed by atoms with E-state index in [0.717, 1.165) is 31.7 Å². The van der Waals surface area contributed by atoms with Crippen LogP contribution < -0.4 is 5.32 Å². The summed E-state index contributed by atoms with van der Waals surface area (Å²) in [7, 11) is 0. The van der Waals surface area contributed by atoms with E-state index in [4.69, 9.17) is 10.00 Å². The van der Waals surface area contributed by atoms with Crippen LogP contribution >= 0.6 is 0 Å². The van der Waals surface area contributed by atoms with Gasteiger partial charge in [-0.1, -0.05) is 0 Å². The minimum Gasteiger partial charge on any atom is -0.382 e. The molecule has 0 aromatic carbocycles. The van der Waals surface area contributed by atoms with Crippen LogP contribution in [0.2, 0.25) is 0 Å². The van der Waals surface area contributed by atoms with E-state index < -0.39 is 0 Å². The summed E-state index contributed by atoms with van der Waals surface area (Å²) in [6.45, 7) is 3.90. The zero-order chi connectivity index (χ0) is 12.1. The molecule has 0 amide bonds. The molecule has 2 heterocycles. The minimum absolute atomic E-state index is 0.396. The summed E-state index contributed by atoms with van der Waals surface area (Å²) in [6, 6.07) is 6.13. The van der Waals surface area contributed by atoms with Crippen molar-refractivity contribution in [2.75, 3.05) is 18.5 Å². The number of hydrogen-bond donors (Lipinski definition) is 1. The van der Waals surface area contributed by atoms with Crippen LogP contribution in [0.25, 0.3) is 0 Å². The van der Waals surface area contributed by atoms with Crippen LogP contribution in [0.15, 0.2) is 18.3 Å². The van der Waals surface area contributed by atoms with Gasteiger partial charge in [-0.3, -0.25) is 0 Å². The average molecular weight is 231 g/mol. The first-order chi connectivity index (χ1) is 8.29. The topological polar surface area (TPSA) is 57.9 Å². The number of nitriles is 1. The lowest BCUT2D eigenvalue weighted by atomic mass is 9.93. The van der Waals surface area contributed by atoms with E-state index in [1.165, 1.54) is 0 Å². The van der Waals surface area contributed by atoms with Crippen molar-refractivity contribution < 1.29 is 4.74 Å². The molecule has 0 saturated carbocycles. The molecule has 0 radical (unpaired) electrons. The molecule has 1 unspecified atom stereocenters. The van der Waals surface area contributed by atoms with E-state index in [-0.39, 0.29) is 0 Å². The van der Waals surface area contributed by atoms with Crippen molar-refractivity contribution in [1.82, 2.24) is 4.98 Å². The van der Waals surface area contributed by atoms with E-state index in [1.807, 2.05) is 12.1 Å². The summed E-state index contributed by atoms with van der Waals surface area (Å²) >= 11 is 0. The first kappa shape index (κ1) is 11.9. The lowest BCUT2D eigenvalue weighted by Gasteiger charge is -2.29. The smallest absolute Gasteiger partial charge is 0.142 e. The molecule has 0 aliphatic carbocycles. The molecule has 1 atom stereocenters. The molecule has 4 nitrogen and oxygen atoms in total. The van der Waals surface area contributed by atoms with Crippen LogP contribution in [0, 0.1) is 17.2 Å². The maximum absolute atomic E-state index is 8.79.